The Labute approximate surface area is 149 Å². The van der Waals surface area contributed by atoms with Crippen LogP contribution in [0.4, 0.5) is 5.69 Å². The number of sulfone groups is 1. The zero-order valence-corrected chi connectivity index (χ0v) is 15.6. The fraction of sp³-hybridized carbons (Fsp3) is 0.235. The number of nitrogens with zero attached hydrogens (tertiary/aromatic N) is 1. The lowest BCUT2D eigenvalue weighted by molar-refractivity contribution is 0.0985. The molecule has 0 radical (unpaired) electrons. The lowest BCUT2D eigenvalue weighted by atomic mass is 10.0. The summed E-state index contributed by atoms with van der Waals surface area (Å²) in [5.41, 5.74) is 2.37. The summed E-state index contributed by atoms with van der Waals surface area (Å²) in [6.45, 7) is 0.649. The number of halogens is 1. The molecule has 0 unspecified atom stereocenters. The van der Waals surface area contributed by atoms with Gasteiger partial charge in [-0.25, -0.2) is 8.42 Å². The van der Waals surface area contributed by atoms with Crippen LogP contribution in [-0.2, 0) is 16.3 Å². The van der Waals surface area contributed by atoms with Crippen molar-refractivity contribution in [1.29, 1.82) is 0 Å². The van der Waals surface area contributed by atoms with Crippen LogP contribution in [0.15, 0.2) is 47.4 Å². The number of hydrogen-bond donors (Lipinski definition) is 0. The van der Waals surface area contributed by atoms with Gasteiger partial charge in [-0.15, -0.1) is 0 Å². The van der Waals surface area contributed by atoms with Crippen LogP contribution in [-0.4, -0.2) is 27.1 Å². The van der Waals surface area contributed by atoms with E-state index in [-0.39, 0.29) is 5.91 Å². The van der Waals surface area contributed by atoms with Gasteiger partial charge in [0.1, 0.15) is 0 Å². The number of carbonyl (C=O) groups is 1. The number of carbonyl (C=O) groups excluding carboxylic acids is 1. The molecule has 3 rings (SSSR count). The molecule has 0 aliphatic carbocycles. The van der Waals surface area contributed by atoms with Gasteiger partial charge >= 0.3 is 0 Å². The quantitative estimate of drug-likeness (QED) is 0.673. The Morgan fingerprint density at radius 2 is 1.83 bits per heavy atom. The molecule has 0 bridgehead atoms. The molecular formula is C17H16INO3S. The fourth-order valence-corrected chi connectivity index (χ4v) is 3.79. The van der Waals surface area contributed by atoms with Gasteiger partial charge in [-0.1, -0.05) is 0 Å². The zero-order valence-electron chi connectivity index (χ0n) is 12.6. The maximum absolute atomic E-state index is 12.8. The molecule has 23 heavy (non-hydrogen) atoms. The van der Waals surface area contributed by atoms with Crippen molar-refractivity contribution in [3.63, 3.8) is 0 Å². The van der Waals surface area contributed by atoms with Crippen molar-refractivity contribution in [3.8, 4) is 0 Å². The maximum Gasteiger partial charge on any atom is 0.258 e. The molecule has 0 saturated heterocycles. The number of rotatable bonds is 2. The van der Waals surface area contributed by atoms with Gasteiger partial charge in [0.25, 0.3) is 5.91 Å². The largest absolute Gasteiger partial charge is 0.308 e. The second kappa shape index (κ2) is 6.24. The first kappa shape index (κ1) is 16.4. The molecule has 2 aromatic rings. The first-order chi connectivity index (χ1) is 10.9. The molecular weight excluding hydrogens is 425 g/mol. The van der Waals surface area contributed by atoms with Gasteiger partial charge in [0.05, 0.1) is 4.90 Å². The summed E-state index contributed by atoms with van der Waals surface area (Å²) in [6, 6.07) is 12.5. The van der Waals surface area contributed by atoms with Crippen LogP contribution in [0.1, 0.15) is 22.3 Å². The number of aryl methyl sites for hydroxylation is 1. The van der Waals surface area contributed by atoms with Crippen molar-refractivity contribution in [1.82, 2.24) is 0 Å². The second-order valence-electron chi connectivity index (χ2n) is 5.63. The molecule has 0 fully saturated rings. The standard InChI is InChI=1S/C17H16INO3S/c1-23(21,22)15-8-9-16-13(11-15)3-2-10-19(16)17(20)12-4-6-14(18)7-5-12/h4-9,11H,2-3,10H2,1H3. The summed E-state index contributed by atoms with van der Waals surface area (Å²) < 4.78 is 24.5. The lowest BCUT2D eigenvalue weighted by Gasteiger charge is -2.30. The van der Waals surface area contributed by atoms with E-state index in [1.54, 1.807) is 23.1 Å². The van der Waals surface area contributed by atoms with Crippen LogP contribution in [0.2, 0.25) is 0 Å². The third-order valence-corrected chi connectivity index (χ3v) is 5.76. The van der Waals surface area contributed by atoms with E-state index in [1.165, 1.54) is 6.26 Å². The maximum atomic E-state index is 12.8. The Kier molecular flexibility index (Phi) is 4.46. The average Bonchev–Trinajstić information content (AvgIpc) is 2.53. The molecule has 120 valence electrons. The van der Waals surface area contributed by atoms with Crippen LogP contribution >= 0.6 is 22.6 Å². The smallest absolute Gasteiger partial charge is 0.258 e. The van der Waals surface area contributed by atoms with Crippen LogP contribution in [0, 0.1) is 3.57 Å². The highest BCUT2D eigenvalue weighted by Crippen LogP contribution is 2.30. The van der Waals surface area contributed by atoms with Crippen molar-refractivity contribution < 1.29 is 13.2 Å². The van der Waals surface area contributed by atoms with Crippen LogP contribution < -0.4 is 4.90 Å². The summed E-state index contributed by atoms with van der Waals surface area (Å²) in [4.78, 5) is 14.8. The van der Waals surface area contributed by atoms with Gasteiger partial charge < -0.3 is 4.90 Å². The third-order valence-electron chi connectivity index (χ3n) is 3.93. The van der Waals surface area contributed by atoms with Crippen molar-refractivity contribution in [2.75, 3.05) is 17.7 Å². The van der Waals surface area contributed by atoms with Crippen LogP contribution in [0.5, 0.6) is 0 Å². The Balaban J connectivity index is 1.98. The molecule has 6 heteroatoms. The van der Waals surface area contributed by atoms with E-state index in [0.717, 1.165) is 27.7 Å². The molecule has 1 aliphatic rings. The van der Waals surface area contributed by atoms with E-state index in [9.17, 15) is 13.2 Å². The second-order valence-corrected chi connectivity index (χ2v) is 8.89. The monoisotopic (exact) mass is 441 g/mol. The minimum absolute atomic E-state index is 0.0468. The SMILES string of the molecule is CS(=O)(=O)c1ccc2c(c1)CCCN2C(=O)c1ccc(I)cc1. The minimum Gasteiger partial charge on any atom is -0.308 e. The topological polar surface area (TPSA) is 54.5 Å². The summed E-state index contributed by atoms with van der Waals surface area (Å²) in [7, 11) is -3.24. The van der Waals surface area contributed by atoms with Gasteiger partial charge in [0.2, 0.25) is 0 Å². The first-order valence-corrected chi connectivity index (χ1v) is 10.2. The minimum atomic E-state index is -3.24. The van der Waals surface area contributed by atoms with E-state index >= 15 is 0 Å². The van der Waals surface area contributed by atoms with Gasteiger partial charge in [-0.3, -0.25) is 4.79 Å². The van der Waals surface area contributed by atoms with Gasteiger partial charge in [0, 0.05) is 27.6 Å². The summed E-state index contributed by atoms with van der Waals surface area (Å²) in [5.74, 6) is -0.0468. The average molecular weight is 441 g/mol. The van der Waals surface area contributed by atoms with E-state index in [2.05, 4.69) is 22.6 Å². The number of hydrogen-bond acceptors (Lipinski definition) is 3. The highest BCUT2D eigenvalue weighted by Gasteiger charge is 2.24. The lowest BCUT2D eigenvalue weighted by Crippen LogP contribution is -2.35. The number of benzene rings is 2. The van der Waals surface area contributed by atoms with E-state index in [4.69, 9.17) is 0 Å². The van der Waals surface area contributed by atoms with Crippen molar-refractivity contribution in [3.05, 3.63) is 57.2 Å². The molecule has 0 atom stereocenters. The molecule has 0 aromatic heterocycles. The molecule has 1 amide bonds. The van der Waals surface area contributed by atoms with Crippen LogP contribution in [0.3, 0.4) is 0 Å². The van der Waals surface area contributed by atoms with Crippen molar-refractivity contribution in [2.24, 2.45) is 0 Å². The number of amides is 1. The van der Waals surface area contributed by atoms with Gasteiger partial charge in [-0.2, -0.15) is 0 Å². The Morgan fingerprint density at radius 3 is 2.48 bits per heavy atom. The predicted molar refractivity (Wildman–Crippen MR) is 98.7 cm³/mol. The van der Waals surface area contributed by atoms with E-state index < -0.39 is 9.84 Å². The highest BCUT2D eigenvalue weighted by molar-refractivity contribution is 14.1. The number of anilines is 1. The van der Waals surface area contributed by atoms with Gasteiger partial charge in [0.15, 0.2) is 9.84 Å². The molecule has 0 N–H and O–H groups in total. The van der Waals surface area contributed by atoms with E-state index in [1.807, 2.05) is 24.3 Å². The van der Waals surface area contributed by atoms with E-state index in [0.29, 0.717) is 17.0 Å². The molecule has 2 aromatic carbocycles. The first-order valence-electron chi connectivity index (χ1n) is 7.27. The van der Waals surface area contributed by atoms with Crippen LogP contribution in [0.25, 0.3) is 0 Å². The predicted octanol–water partition coefficient (Wildman–Crippen LogP) is 3.29. The zero-order chi connectivity index (χ0) is 16.6. The van der Waals surface area contributed by atoms with Crippen molar-refractivity contribution in [2.45, 2.75) is 17.7 Å². The molecule has 4 nitrogen and oxygen atoms in total. The summed E-state index contributed by atoms with van der Waals surface area (Å²) in [6.07, 6.45) is 2.82. The molecule has 1 aliphatic heterocycles. The normalized spacial score (nSPS) is 14.4. The number of fused-ring (bicyclic) bond motifs is 1. The van der Waals surface area contributed by atoms with Gasteiger partial charge in [-0.05, 0) is 83.5 Å². The van der Waals surface area contributed by atoms with Crippen molar-refractivity contribution >= 4 is 44.0 Å². The fourth-order valence-electron chi connectivity index (χ4n) is 2.76. The molecule has 1 heterocycles. The Morgan fingerprint density at radius 1 is 1.13 bits per heavy atom. The summed E-state index contributed by atoms with van der Waals surface area (Å²) in [5, 5.41) is 0. The molecule has 0 spiro atoms. The highest BCUT2D eigenvalue weighted by atomic mass is 127. The summed E-state index contributed by atoms with van der Waals surface area (Å²) >= 11 is 2.20. The Hall–Kier alpha value is -1.41. The molecule has 0 saturated carbocycles. The Bertz CT molecular complexity index is 860. The third kappa shape index (κ3) is 3.42.